The molecule has 1 aliphatic heterocycles. The number of unbranched alkanes of at least 4 members (excludes halogenated alkanes) is 5. The van der Waals surface area contributed by atoms with Crippen molar-refractivity contribution in [3.05, 3.63) is 47.2 Å². The van der Waals surface area contributed by atoms with Crippen LogP contribution in [0.4, 0.5) is 13.2 Å². The molecule has 1 aromatic rings. The van der Waals surface area contributed by atoms with Gasteiger partial charge in [0, 0.05) is 12.5 Å². The van der Waals surface area contributed by atoms with Gasteiger partial charge in [-0.15, -0.1) is 0 Å². The first-order valence-corrected chi connectivity index (χ1v) is 11.2. The van der Waals surface area contributed by atoms with Crippen LogP contribution in [-0.2, 0) is 26.9 Å². The maximum Gasteiger partial charge on any atom is 0.416 e. The van der Waals surface area contributed by atoms with Gasteiger partial charge in [-0.3, -0.25) is 9.59 Å². The van der Waals surface area contributed by atoms with Crippen LogP contribution in [0.15, 0.2) is 36.1 Å². The van der Waals surface area contributed by atoms with Crippen LogP contribution in [0.3, 0.4) is 0 Å². The summed E-state index contributed by atoms with van der Waals surface area (Å²) >= 11 is 1.21. The van der Waals surface area contributed by atoms with Crippen molar-refractivity contribution in [2.45, 2.75) is 76.1 Å². The van der Waals surface area contributed by atoms with Gasteiger partial charge >= 0.3 is 6.18 Å². The molecule has 1 atom stereocenters. The first-order valence-electron chi connectivity index (χ1n) is 10.4. The second-order valence-corrected chi connectivity index (χ2v) is 9.39. The average Bonchev–Trinajstić information content (AvgIpc) is 2.96. The number of ether oxygens (including phenoxy) is 1. The maximum atomic E-state index is 12.8. The molecule has 1 unspecified atom stereocenters. The normalized spacial score (nSPS) is 19.1. The molecular formula is C23H29F3O3S. The van der Waals surface area contributed by atoms with E-state index >= 15 is 0 Å². The molecule has 1 aliphatic rings. The molecule has 1 aromatic carbocycles. The maximum absolute atomic E-state index is 12.8. The summed E-state index contributed by atoms with van der Waals surface area (Å²) in [6.45, 7) is 3.85. The molecule has 0 saturated carbocycles. The molecule has 0 aromatic heterocycles. The number of carbonyl (C=O) groups is 2. The highest BCUT2D eigenvalue weighted by Gasteiger charge is 2.39. The minimum absolute atomic E-state index is 0.0937. The zero-order valence-corrected chi connectivity index (χ0v) is 18.3. The molecule has 0 bridgehead atoms. The van der Waals surface area contributed by atoms with Crippen LogP contribution in [0, 0.1) is 0 Å². The molecule has 3 nitrogen and oxygen atoms in total. The van der Waals surface area contributed by atoms with Crippen LogP contribution in [0.25, 0.3) is 0 Å². The van der Waals surface area contributed by atoms with Crippen LogP contribution in [0.2, 0.25) is 0 Å². The number of benzene rings is 1. The van der Waals surface area contributed by atoms with E-state index in [1.165, 1.54) is 49.2 Å². The highest BCUT2D eigenvalue weighted by atomic mass is 32.2. The first-order chi connectivity index (χ1) is 14.1. The Labute approximate surface area is 180 Å². The number of hydrogen-bond acceptors (Lipinski definition) is 4. The summed E-state index contributed by atoms with van der Waals surface area (Å²) in [5.74, 6) is 0.157. The SMILES string of the molecule is CCCCCCCCC1(C)SC(=O)C=C1OCC(=O)Cc1cccc(C(F)(F)F)c1. The van der Waals surface area contributed by atoms with Crippen LogP contribution < -0.4 is 0 Å². The molecule has 30 heavy (non-hydrogen) atoms. The second kappa shape index (κ2) is 11.0. The van der Waals surface area contributed by atoms with Gasteiger partial charge in [-0.25, -0.2) is 0 Å². The van der Waals surface area contributed by atoms with E-state index in [1.807, 2.05) is 6.92 Å². The third kappa shape index (κ3) is 7.49. The van der Waals surface area contributed by atoms with Gasteiger partial charge in [-0.1, -0.05) is 75.4 Å². The summed E-state index contributed by atoms with van der Waals surface area (Å²) in [4.78, 5) is 24.2. The molecule has 166 valence electrons. The molecule has 2 rings (SSSR count). The molecule has 0 N–H and O–H groups in total. The lowest BCUT2D eigenvalue weighted by Gasteiger charge is -2.26. The quantitative estimate of drug-likeness (QED) is 0.347. The fourth-order valence-electron chi connectivity index (χ4n) is 3.47. The van der Waals surface area contributed by atoms with Crippen molar-refractivity contribution in [1.29, 1.82) is 0 Å². The molecule has 0 radical (unpaired) electrons. The number of carbonyl (C=O) groups excluding carboxylic acids is 2. The fraction of sp³-hybridized carbons (Fsp3) is 0.565. The van der Waals surface area contributed by atoms with Gasteiger partial charge in [0.15, 0.2) is 5.78 Å². The molecule has 0 saturated heterocycles. The number of ketones is 1. The minimum Gasteiger partial charge on any atom is -0.489 e. The molecule has 0 spiro atoms. The Bertz CT molecular complexity index is 773. The smallest absolute Gasteiger partial charge is 0.416 e. The van der Waals surface area contributed by atoms with E-state index in [0.29, 0.717) is 11.3 Å². The van der Waals surface area contributed by atoms with Crippen LogP contribution in [0.5, 0.6) is 0 Å². The predicted octanol–water partition coefficient (Wildman–Crippen LogP) is 6.50. The van der Waals surface area contributed by atoms with Crippen LogP contribution >= 0.6 is 11.8 Å². The summed E-state index contributed by atoms with van der Waals surface area (Å²) in [5, 5.41) is -0.0937. The topological polar surface area (TPSA) is 43.4 Å². The number of Topliss-reactive ketones (excluding diaryl/α,β-unsaturated/α-hetero) is 1. The summed E-state index contributed by atoms with van der Waals surface area (Å²) in [6, 6.07) is 4.74. The molecule has 0 amide bonds. The summed E-state index contributed by atoms with van der Waals surface area (Å²) in [6.07, 6.45) is 4.48. The van der Waals surface area contributed by atoms with Crippen molar-refractivity contribution in [1.82, 2.24) is 0 Å². The van der Waals surface area contributed by atoms with E-state index in [4.69, 9.17) is 4.74 Å². The Morgan fingerprint density at radius 3 is 2.53 bits per heavy atom. The number of thioether (sulfide) groups is 1. The zero-order valence-electron chi connectivity index (χ0n) is 17.5. The van der Waals surface area contributed by atoms with Gasteiger partial charge in [0.25, 0.3) is 0 Å². The van der Waals surface area contributed by atoms with Gasteiger partial charge in [0.2, 0.25) is 5.12 Å². The van der Waals surface area contributed by atoms with Crippen LogP contribution in [-0.4, -0.2) is 22.3 Å². The van der Waals surface area contributed by atoms with E-state index in [0.717, 1.165) is 37.8 Å². The Morgan fingerprint density at radius 2 is 1.83 bits per heavy atom. The molecule has 0 aliphatic carbocycles. The Balaban J connectivity index is 1.86. The van der Waals surface area contributed by atoms with Crippen molar-refractivity contribution in [2.24, 2.45) is 0 Å². The molecular weight excluding hydrogens is 413 g/mol. The Hall–Kier alpha value is -1.76. The minimum atomic E-state index is -4.44. The second-order valence-electron chi connectivity index (χ2n) is 7.88. The van der Waals surface area contributed by atoms with Gasteiger partial charge in [0.1, 0.15) is 12.4 Å². The molecule has 1 heterocycles. The molecule has 0 fully saturated rings. The van der Waals surface area contributed by atoms with Gasteiger partial charge in [-0.05, 0) is 25.0 Å². The van der Waals surface area contributed by atoms with Crippen molar-refractivity contribution in [3.8, 4) is 0 Å². The highest BCUT2D eigenvalue weighted by Crippen LogP contribution is 2.44. The monoisotopic (exact) mass is 442 g/mol. The third-order valence-electron chi connectivity index (χ3n) is 5.15. The van der Waals surface area contributed by atoms with Gasteiger partial charge < -0.3 is 4.74 Å². The van der Waals surface area contributed by atoms with Crippen molar-refractivity contribution < 1.29 is 27.5 Å². The lowest BCUT2D eigenvalue weighted by Crippen LogP contribution is -2.24. The summed E-state index contributed by atoms with van der Waals surface area (Å²) in [7, 11) is 0. The molecule has 7 heteroatoms. The van der Waals surface area contributed by atoms with Crippen molar-refractivity contribution >= 4 is 22.7 Å². The standard InChI is InChI=1S/C23H29F3O3S/c1-3-4-5-6-7-8-12-22(2)20(15-21(28)30-22)29-16-19(27)14-17-10-9-11-18(13-17)23(24,25)26/h9-11,13,15H,3-8,12,14,16H2,1-2H3. The highest BCUT2D eigenvalue weighted by molar-refractivity contribution is 8.15. The lowest BCUT2D eigenvalue weighted by atomic mass is 9.99. The Kier molecular flexibility index (Phi) is 9.01. The van der Waals surface area contributed by atoms with Gasteiger partial charge in [-0.2, -0.15) is 13.2 Å². The van der Waals surface area contributed by atoms with Crippen molar-refractivity contribution in [2.75, 3.05) is 6.61 Å². The van der Waals surface area contributed by atoms with E-state index in [2.05, 4.69) is 6.92 Å². The van der Waals surface area contributed by atoms with Gasteiger partial charge in [0.05, 0.1) is 10.3 Å². The zero-order chi connectivity index (χ0) is 22.2. The number of halogens is 3. The summed E-state index contributed by atoms with van der Waals surface area (Å²) in [5.41, 5.74) is -0.486. The number of rotatable bonds is 12. The van der Waals surface area contributed by atoms with E-state index in [9.17, 15) is 22.8 Å². The predicted molar refractivity (Wildman–Crippen MR) is 113 cm³/mol. The first kappa shape index (κ1) is 24.5. The van der Waals surface area contributed by atoms with E-state index in [1.54, 1.807) is 0 Å². The lowest BCUT2D eigenvalue weighted by molar-refractivity contribution is -0.137. The fourth-order valence-corrected chi connectivity index (χ4v) is 4.54. The summed E-state index contributed by atoms with van der Waals surface area (Å²) < 4.78 is 43.6. The van der Waals surface area contributed by atoms with Crippen molar-refractivity contribution in [3.63, 3.8) is 0 Å². The number of hydrogen-bond donors (Lipinski definition) is 0. The number of alkyl halides is 3. The van der Waals surface area contributed by atoms with E-state index in [-0.39, 0.29) is 23.9 Å². The largest absolute Gasteiger partial charge is 0.489 e. The average molecular weight is 443 g/mol. The van der Waals surface area contributed by atoms with E-state index < -0.39 is 16.5 Å². The Morgan fingerprint density at radius 1 is 1.13 bits per heavy atom. The van der Waals surface area contributed by atoms with Crippen LogP contribution in [0.1, 0.15) is 69.9 Å². The third-order valence-corrected chi connectivity index (χ3v) is 6.32.